The van der Waals surface area contributed by atoms with E-state index in [1.54, 1.807) is 11.3 Å². The van der Waals surface area contributed by atoms with E-state index in [1.807, 2.05) is 49.1 Å². The van der Waals surface area contributed by atoms with E-state index in [-0.39, 0.29) is 5.48 Å². The van der Waals surface area contributed by atoms with Gasteiger partial charge in [-0.15, -0.1) is 11.3 Å². The van der Waals surface area contributed by atoms with Gasteiger partial charge in [-0.2, -0.15) is 0 Å². The molecule has 0 aliphatic carbocycles. The van der Waals surface area contributed by atoms with E-state index in [2.05, 4.69) is 45.7 Å². The standard InChI is InChI=1S/C26H21N5S.H2O/c1-2-3-16-31-25-19-7-5-13-29-23(19)22-18(6-4-12-28-22)24(25)30-26(31)21-9-8-20(32-21)17-10-14-27-15-11-17;/h4-15H,2-3,16H2,1H3;1H2. The predicted molar refractivity (Wildman–Crippen MR) is 135 cm³/mol. The third-order valence-electron chi connectivity index (χ3n) is 5.84. The largest absolute Gasteiger partial charge is 0.412 e. The van der Waals surface area contributed by atoms with Crippen LogP contribution in [0.2, 0.25) is 0 Å². The van der Waals surface area contributed by atoms with Crippen LogP contribution in [0.4, 0.5) is 0 Å². The van der Waals surface area contributed by atoms with Crippen LogP contribution in [0.3, 0.4) is 0 Å². The lowest BCUT2D eigenvalue weighted by atomic mass is 10.1. The van der Waals surface area contributed by atoms with Crippen LogP contribution < -0.4 is 0 Å². The van der Waals surface area contributed by atoms with E-state index in [1.165, 1.54) is 10.4 Å². The number of pyridine rings is 3. The van der Waals surface area contributed by atoms with Gasteiger partial charge in [0.15, 0.2) is 5.82 Å². The van der Waals surface area contributed by atoms with E-state index in [0.29, 0.717) is 0 Å². The minimum atomic E-state index is 0. The van der Waals surface area contributed by atoms with Crippen molar-refractivity contribution in [2.45, 2.75) is 26.3 Å². The van der Waals surface area contributed by atoms with E-state index in [9.17, 15) is 0 Å². The molecule has 0 unspecified atom stereocenters. The second-order valence-corrected chi connectivity index (χ2v) is 8.92. The van der Waals surface area contributed by atoms with Crippen LogP contribution in [0.15, 0.2) is 73.3 Å². The van der Waals surface area contributed by atoms with E-state index >= 15 is 0 Å². The predicted octanol–water partition coefficient (Wildman–Crippen LogP) is 5.90. The van der Waals surface area contributed by atoms with Gasteiger partial charge in [0.25, 0.3) is 0 Å². The molecule has 6 aromatic rings. The molecule has 0 aliphatic heterocycles. The maximum absolute atomic E-state index is 5.21. The van der Waals surface area contributed by atoms with Crippen molar-refractivity contribution in [1.29, 1.82) is 0 Å². The summed E-state index contributed by atoms with van der Waals surface area (Å²) in [6.07, 6.45) is 9.56. The molecule has 0 saturated heterocycles. The maximum Gasteiger partial charge on any atom is 0.151 e. The highest BCUT2D eigenvalue weighted by molar-refractivity contribution is 7.18. The lowest BCUT2D eigenvalue weighted by molar-refractivity contribution is 0.652. The molecular weight excluding hydrogens is 430 g/mol. The van der Waals surface area contributed by atoms with Gasteiger partial charge in [-0.3, -0.25) is 15.0 Å². The van der Waals surface area contributed by atoms with E-state index in [0.717, 1.165) is 62.9 Å². The highest BCUT2D eigenvalue weighted by atomic mass is 32.1. The van der Waals surface area contributed by atoms with Crippen molar-refractivity contribution >= 4 is 44.2 Å². The number of thiophene rings is 1. The van der Waals surface area contributed by atoms with Gasteiger partial charge in [-0.1, -0.05) is 13.3 Å². The number of aryl methyl sites for hydroxylation is 1. The minimum Gasteiger partial charge on any atom is -0.412 e. The Morgan fingerprint density at radius 3 is 2.24 bits per heavy atom. The number of nitrogens with zero attached hydrogens (tertiary/aromatic N) is 5. The van der Waals surface area contributed by atoms with Crippen LogP contribution in [-0.2, 0) is 6.54 Å². The number of unbranched alkanes of at least 4 members (excludes halogenated alkanes) is 1. The average molecular weight is 454 g/mol. The first-order valence-corrected chi connectivity index (χ1v) is 11.7. The van der Waals surface area contributed by atoms with Gasteiger partial charge < -0.3 is 10.0 Å². The fourth-order valence-electron chi connectivity index (χ4n) is 4.34. The van der Waals surface area contributed by atoms with Crippen molar-refractivity contribution in [3.8, 4) is 21.1 Å². The second kappa shape index (κ2) is 8.69. The van der Waals surface area contributed by atoms with Gasteiger partial charge in [0, 0.05) is 47.0 Å². The molecule has 6 rings (SSSR count). The second-order valence-electron chi connectivity index (χ2n) is 7.84. The van der Waals surface area contributed by atoms with Crippen molar-refractivity contribution in [3.63, 3.8) is 0 Å². The third-order valence-corrected chi connectivity index (χ3v) is 6.97. The lowest BCUT2D eigenvalue weighted by Crippen LogP contribution is -2.00. The number of benzene rings is 1. The van der Waals surface area contributed by atoms with E-state index in [4.69, 9.17) is 9.97 Å². The van der Waals surface area contributed by atoms with Crippen LogP contribution in [0.5, 0.6) is 0 Å². The normalized spacial score (nSPS) is 11.3. The molecule has 7 heteroatoms. The molecule has 2 N–H and O–H groups in total. The topological polar surface area (TPSA) is 88.0 Å². The summed E-state index contributed by atoms with van der Waals surface area (Å²) in [5.41, 5.74) is 5.17. The molecule has 33 heavy (non-hydrogen) atoms. The van der Waals surface area contributed by atoms with Crippen LogP contribution in [0.25, 0.3) is 54.0 Å². The Morgan fingerprint density at radius 2 is 1.48 bits per heavy atom. The summed E-state index contributed by atoms with van der Waals surface area (Å²) in [5, 5.41) is 2.16. The van der Waals surface area contributed by atoms with Crippen molar-refractivity contribution in [2.75, 3.05) is 0 Å². The van der Waals surface area contributed by atoms with Gasteiger partial charge >= 0.3 is 0 Å². The van der Waals surface area contributed by atoms with Crippen molar-refractivity contribution in [2.24, 2.45) is 0 Å². The first kappa shape index (κ1) is 21.2. The Bertz CT molecular complexity index is 1570. The summed E-state index contributed by atoms with van der Waals surface area (Å²) in [6, 6.07) is 16.7. The number of fused-ring (bicyclic) bond motifs is 6. The fraction of sp³-hybridized carbons (Fsp3) is 0.154. The highest BCUT2D eigenvalue weighted by Crippen LogP contribution is 2.39. The Morgan fingerprint density at radius 1 is 0.788 bits per heavy atom. The third kappa shape index (κ3) is 3.46. The number of hydrogen-bond acceptors (Lipinski definition) is 5. The van der Waals surface area contributed by atoms with Crippen LogP contribution in [0, 0.1) is 0 Å². The zero-order valence-corrected chi connectivity index (χ0v) is 19.0. The minimum absolute atomic E-state index is 0. The molecule has 5 aromatic heterocycles. The first-order chi connectivity index (χ1) is 15.8. The molecule has 0 saturated carbocycles. The molecular formula is C26H23N5OS. The van der Waals surface area contributed by atoms with Gasteiger partial charge in [0.1, 0.15) is 0 Å². The fourth-order valence-corrected chi connectivity index (χ4v) is 5.35. The molecule has 1 aromatic carbocycles. The van der Waals surface area contributed by atoms with Crippen LogP contribution >= 0.6 is 11.3 Å². The molecule has 0 aliphatic rings. The summed E-state index contributed by atoms with van der Waals surface area (Å²) in [5.74, 6) is 1.01. The number of hydrogen-bond donors (Lipinski definition) is 0. The summed E-state index contributed by atoms with van der Waals surface area (Å²) < 4.78 is 2.39. The maximum atomic E-state index is 5.21. The highest BCUT2D eigenvalue weighted by Gasteiger charge is 2.20. The summed E-state index contributed by atoms with van der Waals surface area (Å²) in [6.45, 7) is 3.14. The quantitative estimate of drug-likeness (QED) is 0.304. The monoisotopic (exact) mass is 453 g/mol. The molecule has 0 radical (unpaired) electrons. The lowest BCUT2D eigenvalue weighted by Gasteiger charge is -2.10. The molecule has 5 heterocycles. The van der Waals surface area contributed by atoms with Gasteiger partial charge in [-0.05, 0) is 60.5 Å². The molecule has 0 amide bonds. The molecule has 6 nitrogen and oxygen atoms in total. The number of aromatic nitrogens is 5. The Kier molecular flexibility index (Phi) is 5.58. The summed E-state index contributed by atoms with van der Waals surface area (Å²) >= 11 is 1.77. The molecule has 0 spiro atoms. The smallest absolute Gasteiger partial charge is 0.151 e. The molecule has 164 valence electrons. The molecule has 0 atom stereocenters. The average Bonchev–Trinajstić information content (AvgIpc) is 3.49. The van der Waals surface area contributed by atoms with E-state index < -0.39 is 0 Å². The van der Waals surface area contributed by atoms with Crippen molar-refractivity contribution < 1.29 is 5.48 Å². The summed E-state index contributed by atoms with van der Waals surface area (Å²) in [4.78, 5) is 21.1. The summed E-state index contributed by atoms with van der Waals surface area (Å²) in [7, 11) is 0. The van der Waals surface area contributed by atoms with Crippen LogP contribution in [0.1, 0.15) is 19.8 Å². The van der Waals surface area contributed by atoms with Crippen LogP contribution in [-0.4, -0.2) is 30.0 Å². The van der Waals surface area contributed by atoms with Gasteiger partial charge in [0.05, 0.1) is 26.9 Å². The van der Waals surface area contributed by atoms with Gasteiger partial charge in [0.2, 0.25) is 0 Å². The van der Waals surface area contributed by atoms with Crippen molar-refractivity contribution in [3.05, 3.63) is 73.3 Å². The number of imidazole rings is 1. The first-order valence-electron chi connectivity index (χ1n) is 10.9. The Hall–Kier alpha value is -3.68. The Balaban J connectivity index is 0.00000228. The number of rotatable bonds is 5. The van der Waals surface area contributed by atoms with Crippen molar-refractivity contribution in [1.82, 2.24) is 24.5 Å². The van der Waals surface area contributed by atoms with Gasteiger partial charge in [-0.25, -0.2) is 4.98 Å². The SMILES string of the molecule is CCCCn1c(-c2ccc(-c3ccncc3)s2)nc2c3cccnc3c3ncccc3c21.O. The molecule has 0 fully saturated rings. The zero-order valence-electron chi connectivity index (χ0n) is 18.2. The Labute approximate surface area is 194 Å². The molecule has 0 bridgehead atoms. The zero-order chi connectivity index (χ0) is 21.5.